The van der Waals surface area contributed by atoms with Gasteiger partial charge in [-0.25, -0.2) is 4.79 Å². The number of fused-ring (bicyclic) bond motifs is 3. The van der Waals surface area contributed by atoms with Crippen LogP contribution >= 0.6 is 0 Å². The molecule has 0 saturated heterocycles. The fraction of sp³-hybridized carbons (Fsp3) is 0.375. The van der Waals surface area contributed by atoms with Crippen molar-refractivity contribution in [3.05, 3.63) is 40.2 Å². The molecule has 0 amide bonds. The molecule has 116 valence electrons. The molecule has 2 atom stereocenters. The summed E-state index contributed by atoms with van der Waals surface area (Å²) in [6, 6.07) is 6.37. The van der Waals surface area contributed by atoms with Gasteiger partial charge in [0.2, 0.25) is 0 Å². The molecular formula is C16H16O6. The van der Waals surface area contributed by atoms with Crippen LogP contribution in [0.1, 0.15) is 32.4 Å². The SMILES string of the molecule is CC(=O)O[C@H]1c2c(ccc3ccc(=O)oc23)OC(C)(C)[C@@H]1O. The third-order valence-electron chi connectivity index (χ3n) is 3.74. The largest absolute Gasteiger partial charge is 0.484 e. The van der Waals surface area contributed by atoms with Crippen LogP contribution in [-0.2, 0) is 9.53 Å². The minimum absolute atomic E-state index is 0.255. The maximum absolute atomic E-state index is 11.5. The van der Waals surface area contributed by atoms with Crippen LogP contribution in [0.15, 0.2) is 33.5 Å². The van der Waals surface area contributed by atoms with E-state index in [0.717, 1.165) is 0 Å². The van der Waals surface area contributed by atoms with E-state index >= 15 is 0 Å². The zero-order valence-electron chi connectivity index (χ0n) is 12.5. The number of carbonyl (C=O) groups excluding carboxylic acids is 1. The molecule has 0 aliphatic carbocycles. The molecule has 0 fully saturated rings. The Morgan fingerprint density at radius 3 is 2.64 bits per heavy atom. The van der Waals surface area contributed by atoms with Crippen LogP contribution < -0.4 is 10.4 Å². The Labute approximate surface area is 126 Å². The number of aliphatic hydroxyl groups is 1. The van der Waals surface area contributed by atoms with Gasteiger partial charge in [-0.1, -0.05) is 0 Å². The molecule has 2 aromatic rings. The predicted octanol–water partition coefficient (Wildman–Crippen LogP) is 1.93. The molecule has 1 aromatic carbocycles. The van der Waals surface area contributed by atoms with Crippen molar-refractivity contribution in [2.75, 3.05) is 0 Å². The van der Waals surface area contributed by atoms with E-state index in [0.29, 0.717) is 16.7 Å². The minimum atomic E-state index is -1.10. The van der Waals surface area contributed by atoms with Crippen molar-refractivity contribution in [1.82, 2.24) is 0 Å². The molecule has 0 saturated carbocycles. The fourth-order valence-corrected chi connectivity index (χ4v) is 2.66. The van der Waals surface area contributed by atoms with Gasteiger partial charge in [0.15, 0.2) is 6.10 Å². The van der Waals surface area contributed by atoms with Gasteiger partial charge in [0, 0.05) is 18.4 Å². The summed E-state index contributed by atoms with van der Waals surface area (Å²) < 4.78 is 16.3. The number of hydrogen-bond donors (Lipinski definition) is 1. The molecule has 22 heavy (non-hydrogen) atoms. The molecule has 0 bridgehead atoms. The van der Waals surface area contributed by atoms with Gasteiger partial charge in [0.05, 0.1) is 5.56 Å². The molecule has 0 unspecified atom stereocenters. The van der Waals surface area contributed by atoms with Crippen molar-refractivity contribution in [2.45, 2.75) is 38.6 Å². The summed E-state index contributed by atoms with van der Waals surface area (Å²) >= 11 is 0. The summed E-state index contributed by atoms with van der Waals surface area (Å²) in [6.45, 7) is 4.65. The second kappa shape index (κ2) is 4.84. The van der Waals surface area contributed by atoms with Crippen molar-refractivity contribution in [3.8, 4) is 5.75 Å². The predicted molar refractivity (Wildman–Crippen MR) is 77.7 cm³/mol. The first-order valence-corrected chi connectivity index (χ1v) is 6.90. The zero-order valence-corrected chi connectivity index (χ0v) is 12.5. The number of esters is 1. The van der Waals surface area contributed by atoms with Crippen LogP contribution in [0.5, 0.6) is 5.75 Å². The average molecular weight is 304 g/mol. The summed E-state index contributed by atoms with van der Waals surface area (Å²) in [6.07, 6.45) is -2.06. The van der Waals surface area contributed by atoms with Gasteiger partial charge in [-0.2, -0.15) is 0 Å². The van der Waals surface area contributed by atoms with Gasteiger partial charge in [-0.3, -0.25) is 4.79 Å². The van der Waals surface area contributed by atoms with E-state index in [2.05, 4.69) is 0 Å². The molecule has 6 heteroatoms. The summed E-state index contributed by atoms with van der Waals surface area (Å²) in [4.78, 5) is 22.9. The second-order valence-electron chi connectivity index (χ2n) is 5.83. The van der Waals surface area contributed by atoms with E-state index < -0.39 is 29.4 Å². The van der Waals surface area contributed by atoms with Crippen LogP contribution in [0.25, 0.3) is 11.0 Å². The Bertz CT molecular complexity index is 804. The molecule has 1 N–H and O–H groups in total. The summed E-state index contributed by atoms with van der Waals surface area (Å²) in [5, 5.41) is 11.2. The van der Waals surface area contributed by atoms with Crippen LogP contribution in [0.4, 0.5) is 0 Å². The van der Waals surface area contributed by atoms with E-state index in [4.69, 9.17) is 13.9 Å². The Balaban J connectivity index is 2.30. The van der Waals surface area contributed by atoms with E-state index in [1.807, 2.05) is 0 Å². The third kappa shape index (κ3) is 2.25. The maximum Gasteiger partial charge on any atom is 0.336 e. The lowest BCUT2D eigenvalue weighted by Gasteiger charge is -2.41. The number of benzene rings is 1. The number of carbonyl (C=O) groups is 1. The highest BCUT2D eigenvalue weighted by atomic mass is 16.6. The Morgan fingerprint density at radius 2 is 1.95 bits per heavy atom. The highest BCUT2D eigenvalue weighted by molar-refractivity contribution is 5.83. The average Bonchev–Trinajstić information content (AvgIpc) is 2.42. The molecule has 1 aliphatic rings. The number of rotatable bonds is 1. The topological polar surface area (TPSA) is 86.0 Å². The summed E-state index contributed by atoms with van der Waals surface area (Å²) in [7, 11) is 0. The molecule has 3 rings (SSSR count). The second-order valence-corrected chi connectivity index (χ2v) is 5.83. The van der Waals surface area contributed by atoms with Crippen LogP contribution in [0, 0.1) is 0 Å². The molecule has 0 radical (unpaired) electrons. The standard InChI is InChI=1S/C16H16O6/c1-8(17)20-14-12-10(22-16(2,3)15(14)19)6-4-9-5-7-11(18)21-13(9)12/h4-7,14-15,19H,1-3H3/t14-,15+/m0/s1. The van der Waals surface area contributed by atoms with Crippen molar-refractivity contribution < 1.29 is 23.8 Å². The van der Waals surface area contributed by atoms with Crippen molar-refractivity contribution >= 4 is 16.9 Å². The van der Waals surface area contributed by atoms with Crippen molar-refractivity contribution in [2.24, 2.45) is 0 Å². The smallest absolute Gasteiger partial charge is 0.336 e. The van der Waals surface area contributed by atoms with Gasteiger partial charge in [-0.15, -0.1) is 0 Å². The number of ether oxygens (including phenoxy) is 2. The molecule has 0 spiro atoms. The first-order chi connectivity index (χ1) is 10.3. The summed E-state index contributed by atoms with van der Waals surface area (Å²) in [5.74, 6) is -0.119. The summed E-state index contributed by atoms with van der Waals surface area (Å²) in [5.41, 5.74) is -0.847. The van der Waals surface area contributed by atoms with Crippen LogP contribution in [0.3, 0.4) is 0 Å². The molecular weight excluding hydrogens is 288 g/mol. The molecule has 1 aromatic heterocycles. The third-order valence-corrected chi connectivity index (χ3v) is 3.74. The maximum atomic E-state index is 11.5. The van der Waals surface area contributed by atoms with Crippen molar-refractivity contribution in [1.29, 1.82) is 0 Å². The Morgan fingerprint density at radius 1 is 1.27 bits per heavy atom. The van der Waals surface area contributed by atoms with Gasteiger partial charge >= 0.3 is 11.6 Å². The van der Waals surface area contributed by atoms with Crippen LogP contribution in [0.2, 0.25) is 0 Å². The van der Waals surface area contributed by atoms with E-state index in [9.17, 15) is 14.7 Å². The van der Waals surface area contributed by atoms with Crippen molar-refractivity contribution in [3.63, 3.8) is 0 Å². The van der Waals surface area contributed by atoms with Gasteiger partial charge in [0.25, 0.3) is 0 Å². The minimum Gasteiger partial charge on any atom is -0.484 e. The first kappa shape index (κ1) is 14.6. The lowest BCUT2D eigenvalue weighted by atomic mass is 9.87. The highest BCUT2D eigenvalue weighted by Crippen LogP contribution is 2.44. The fourth-order valence-electron chi connectivity index (χ4n) is 2.66. The Kier molecular flexibility index (Phi) is 3.21. The molecule has 1 aliphatic heterocycles. The molecule has 6 nitrogen and oxygen atoms in total. The van der Waals surface area contributed by atoms with Crippen LogP contribution in [-0.4, -0.2) is 22.8 Å². The monoisotopic (exact) mass is 304 g/mol. The normalized spacial score (nSPS) is 22.7. The molecule has 2 heterocycles. The Hall–Kier alpha value is -2.34. The lowest BCUT2D eigenvalue weighted by molar-refractivity contribution is -0.167. The van der Waals surface area contributed by atoms with E-state index in [1.54, 1.807) is 32.0 Å². The van der Waals surface area contributed by atoms with Gasteiger partial charge in [0.1, 0.15) is 23.0 Å². The van der Waals surface area contributed by atoms with Gasteiger partial charge in [-0.05, 0) is 32.0 Å². The number of aliphatic hydroxyl groups excluding tert-OH is 1. The van der Waals surface area contributed by atoms with E-state index in [1.165, 1.54) is 13.0 Å². The first-order valence-electron chi connectivity index (χ1n) is 6.90. The van der Waals surface area contributed by atoms with Gasteiger partial charge < -0.3 is 19.0 Å². The quantitative estimate of drug-likeness (QED) is 0.640. The number of hydrogen-bond acceptors (Lipinski definition) is 6. The lowest BCUT2D eigenvalue weighted by Crippen LogP contribution is -2.49. The highest BCUT2D eigenvalue weighted by Gasteiger charge is 2.46. The van der Waals surface area contributed by atoms with E-state index in [-0.39, 0.29) is 5.58 Å². The zero-order chi connectivity index (χ0) is 16.1.